The van der Waals surface area contributed by atoms with Gasteiger partial charge in [0.2, 0.25) is 3.79 Å². The molecule has 7 rings (SSSR count). The molecule has 0 spiro atoms. The molecular weight excluding hydrogens is 1060 g/mol. The number of rotatable bonds is 26. The number of hydrogen-bond donors (Lipinski definition) is 1. The van der Waals surface area contributed by atoms with Crippen molar-refractivity contribution in [3.8, 4) is 0 Å². The summed E-state index contributed by atoms with van der Waals surface area (Å²) in [4.78, 5) is 28.6. The molecule has 16 nitrogen and oxygen atoms in total. The largest absolute Gasteiger partial charge is 0.477 e. The lowest BCUT2D eigenvalue weighted by atomic mass is 10.0. The summed E-state index contributed by atoms with van der Waals surface area (Å²) in [5.74, 6) is -0.805. The molecule has 0 aromatic heterocycles. The smallest absolute Gasteiger partial charge is 0.457 e. The average Bonchev–Trinajstić information content (AvgIpc) is 3.67. The Morgan fingerprint density at radius 1 is 0.649 bits per heavy atom. The minimum absolute atomic E-state index is 0.0661. The van der Waals surface area contributed by atoms with Crippen molar-refractivity contribution in [2.75, 3.05) is 13.2 Å². The summed E-state index contributed by atoms with van der Waals surface area (Å²) in [5.41, 5.74) is 4.49. The van der Waals surface area contributed by atoms with Gasteiger partial charge in [-0.05, 0) is 39.8 Å². The van der Waals surface area contributed by atoms with Crippen molar-refractivity contribution >= 4 is 62.5 Å². The van der Waals surface area contributed by atoms with Crippen LogP contribution in [0.5, 0.6) is 0 Å². The van der Waals surface area contributed by atoms with Gasteiger partial charge in [0.05, 0.1) is 58.8 Å². The lowest BCUT2D eigenvalue weighted by Crippen LogP contribution is -2.66. The summed E-state index contributed by atoms with van der Waals surface area (Å²) in [6.07, 6.45) is 1.73. The first-order chi connectivity index (χ1) is 35.8. The van der Waals surface area contributed by atoms with E-state index in [1.54, 1.807) is 48.5 Å². The van der Waals surface area contributed by atoms with Gasteiger partial charge in [-0.15, -0.1) is 0 Å². The summed E-state index contributed by atoms with van der Waals surface area (Å²) in [6.45, 7) is 0.730. The third kappa shape index (κ3) is 19.0. The quantitative estimate of drug-likeness (QED) is 0.0206. The van der Waals surface area contributed by atoms with E-state index in [9.17, 15) is 18.7 Å². The average molecular weight is 1130 g/mol. The second kappa shape index (κ2) is 29.4. The van der Waals surface area contributed by atoms with Crippen molar-refractivity contribution in [2.24, 2.45) is 0 Å². The molecule has 1 fully saturated rings. The number of phosphoric acid groups is 2. The number of benzene rings is 4. The van der Waals surface area contributed by atoms with Gasteiger partial charge in [0.15, 0.2) is 12.4 Å². The molecule has 0 bridgehead atoms. The SMILES string of the molecule is CCCCCCCCCCC[C@H](CC(=O)O[C@H]1[C@H](OP2(=O)OCc3ccccc3CO2)[C@@H](COCc2ccccc2)O[13CH](OP2(=O)OCc3ccccc3CO2)[C@@H]1NC(=O)OCC(Cl)(Cl)Cl)OCc1ccccc1. The number of fused-ring (bicyclic) bond motifs is 2. The number of halogens is 3. The Bertz CT molecular complexity index is 2390. The first-order valence-electron chi connectivity index (χ1n) is 25.2. The van der Waals surface area contributed by atoms with E-state index in [1.165, 1.54) is 32.1 Å². The summed E-state index contributed by atoms with van der Waals surface area (Å²) in [7, 11) is -9.23. The minimum Gasteiger partial charge on any atom is -0.457 e. The van der Waals surface area contributed by atoms with Crippen LogP contribution in [0.15, 0.2) is 109 Å². The maximum atomic E-state index is 14.9. The number of alkyl carbamates (subject to hydrolysis) is 1. The number of phosphoric ester groups is 2. The zero-order chi connectivity index (χ0) is 52.2. The highest BCUT2D eigenvalue weighted by molar-refractivity contribution is 7.48. The van der Waals surface area contributed by atoms with Gasteiger partial charge >= 0.3 is 27.7 Å². The number of carbonyl (C=O) groups is 2. The van der Waals surface area contributed by atoms with E-state index in [4.69, 9.17) is 85.6 Å². The van der Waals surface area contributed by atoms with Crippen molar-refractivity contribution in [2.45, 2.75) is 158 Å². The second-order valence-electron chi connectivity index (χ2n) is 18.3. The van der Waals surface area contributed by atoms with Crippen LogP contribution in [0.1, 0.15) is 111 Å². The van der Waals surface area contributed by atoms with E-state index >= 15 is 0 Å². The van der Waals surface area contributed by atoms with E-state index in [1.807, 2.05) is 60.7 Å². The molecule has 3 aliphatic heterocycles. The number of alkyl halides is 3. The zero-order valence-electron chi connectivity index (χ0n) is 41.4. The number of hydrogen-bond acceptors (Lipinski definition) is 15. The zero-order valence-corrected chi connectivity index (χ0v) is 45.5. The number of ether oxygens (including phenoxy) is 5. The Labute approximate surface area is 448 Å². The van der Waals surface area contributed by atoms with Crippen molar-refractivity contribution in [3.05, 3.63) is 143 Å². The van der Waals surface area contributed by atoms with Gasteiger partial charge in [-0.25, -0.2) is 13.9 Å². The number of nitrogens with one attached hydrogen (secondary N) is 1. The van der Waals surface area contributed by atoms with Crippen molar-refractivity contribution in [1.29, 1.82) is 0 Å². The van der Waals surface area contributed by atoms with Crippen LogP contribution >= 0.6 is 50.4 Å². The van der Waals surface area contributed by atoms with Gasteiger partial charge in [-0.1, -0.05) is 209 Å². The predicted octanol–water partition coefficient (Wildman–Crippen LogP) is 13.3. The van der Waals surface area contributed by atoms with Crippen LogP contribution in [0.25, 0.3) is 0 Å². The maximum Gasteiger partial charge on any atom is 0.477 e. The number of amides is 1. The van der Waals surface area contributed by atoms with Crippen LogP contribution in [0.2, 0.25) is 0 Å². The summed E-state index contributed by atoms with van der Waals surface area (Å²) in [5, 5.41) is 2.60. The molecule has 1 unspecified atom stereocenters. The molecule has 4 aromatic carbocycles. The topological polar surface area (TPSA) is 182 Å². The first kappa shape index (κ1) is 58.3. The molecule has 404 valence electrons. The first-order valence-corrected chi connectivity index (χ1v) is 29.2. The fourth-order valence-electron chi connectivity index (χ4n) is 8.59. The third-order valence-electron chi connectivity index (χ3n) is 12.5. The van der Waals surface area contributed by atoms with Gasteiger partial charge < -0.3 is 29.0 Å². The van der Waals surface area contributed by atoms with E-state index in [0.29, 0.717) is 28.7 Å². The molecule has 0 aliphatic carbocycles. The van der Waals surface area contributed by atoms with Crippen LogP contribution < -0.4 is 5.32 Å². The van der Waals surface area contributed by atoms with Gasteiger partial charge in [-0.3, -0.25) is 31.9 Å². The molecule has 4 aromatic rings. The molecule has 74 heavy (non-hydrogen) atoms. The van der Waals surface area contributed by atoms with Gasteiger partial charge in [-0.2, -0.15) is 0 Å². The summed E-state index contributed by atoms with van der Waals surface area (Å²) >= 11 is 17.9. The monoisotopic (exact) mass is 1120 g/mol. The maximum absolute atomic E-state index is 14.9. The van der Waals surface area contributed by atoms with Crippen LogP contribution in [0, 0.1) is 0 Å². The van der Waals surface area contributed by atoms with Crippen LogP contribution in [0.3, 0.4) is 0 Å². The molecule has 0 radical (unpaired) electrons. The Morgan fingerprint density at radius 2 is 1.14 bits per heavy atom. The van der Waals surface area contributed by atoms with Gasteiger partial charge in [0, 0.05) is 0 Å². The highest BCUT2D eigenvalue weighted by Crippen LogP contribution is 2.57. The standard InChI is InChI=1S/C53H66Cl3NO15P2/c1-2-3-4-5-6-7-8-9-16-29-45(63-32-40-23-14-11-15-24-40)30-47(58)70-50-48(57-52(59)64-38-53(54,55)56)51(72-74(61)67-35-43-27-19-20-28-44(43)36-68-74)69-46(37-62-31-39-21-12-10-13-22-39)49(50)71-73(60)65-33-41-25-17-18-26-42(41)34-66-73/h10-15,17-28,45-46,48-51H,2-9,16,29-38H2,1H3,(H,57,59)/t45-,46-,48-,49-,50-,51?/m1/s1/i51+1. The Morgan fingerprint density at radius 3 is 1.66 bits per heavy atom. The van der Waals surface area contributed by atoms with Crippen molar-refractivity contribution < 1.29 is 69.5 Å². The number of unbranched alkanes of at least 4 members (excludes halogenated alkanes) is 8. The molecule has 1 N–H and O–H groups in total. The fraction of sp³-hybridized carbons (Fsp3) is 0.509. The second-order valence-corrected chi connectivity index (χ2v) is 24.1. The van der Waals surface area contributed by atoms with E-state index in [-0.39, 0.29) is 52.7 Å². The van der Waals surface area contributed by atoms with Crippen LogP contribution in [0.4, 0.5) is 4.79 Å². The Kier molecular flexibility index (Phi) is 23.1. The molecular formula is C53H66Cl3NO15P2. The molecule has 3 aliphatic rings. The Balaban J connectivity index is 1.21. The molecule has 3 heterocycles. The van der Waals surface area contributed by atoms with Crippen LogP contribution in [-0.2, 0) is 104 Å². The van der Waals surface area contributed by atoms with Crippen molar-refractivity contribution in [3.63, 3.8) is 0 Å². The lowest BCUT2D eigenvalue weighted by molar-refractivity contribution is -0.255. The molecule has 6 atom stereocenters. The predicted molar refractivity (Wildman–Crippen MR) is 278 cm³/mol. The lowest BCUT2D eigenvalue weighted by Gasteiger charge is -2.45. The number of esters is 1. The van der Waals surface area contributed by atoms with Gasteiger partial charge in [0.25, 0.3) is 0 Å². The highest BCUT2D eigenvalue weighted by Gasteiger charge is 2.56. The Hall–Kier alpha value is -3.41. The molecule has 1 amide bonds. The highest BCUT2D eigenvalue weighted by atomic mass is 35.6. The van der Waals surface area contributed by atoms with E-state index < -0.39 is 74.9 Å². The van der Waals surface area contributed by atoms with E-state index in [0.717, 1.165) is 36.8 Å². The summed E-state index contributed by atoms with van der Waals surface area (Å²) in [6, 6.07) is 31.5. The molecule has 1 saturated heterocycles. The van der Waals surface area contributed by atoms with E-state index in [2.05, 4.69) is 12.2 Å². The normalized spacial score (nSPS) is 21.8. The van der Waals surface area contributed by atoms with Gasteiger partial charge in [0.1, 0.15) is 24.9 Å². The third-order valence-corrected chi connectivity index (χ3v) is 15.6. The van der Waals surface area contributed by atoms with Crippen molar-refractivity contribution in [1.82, 2.24) is 5.32 Å². The number of carbonyl (C=O) groups excluding carboxylic acids is 2. The van der Waals surface area contributed by atoms with Crippen LogP contribution in [-0.4, -0.2) is 65.8 Å². The minimum atomic E-state index is -4.62. The fourth-order valence-corrected chi connectivity index (χ4v) is 11.3. The molecule has 21 heteroatoms. The summed E-state index contributed by atoms with van der Waals surface area (Å²) < 4.78 is 94.5. The molecule has 0 saturated carbocycles.